The second-order valence-electron chi connectivity index (χ2n) is 4.51. The van der Waals surface area contributed by atoms with Crippen LogP contribution in [-0.4, -0.2) is 29.4 Å². The number of likely N-dealkylation sites (N-methyl/N-ethyl adjacent to an activating group) is 1. The second-order valence-corrected chi connectivity index (χ2v) is 5.89. The van der Waals surface area contributed by atoms with Gasteiger partial charge in [0.1, 0.15) is 0 Å². The first kappa shape index (κ1) is 13.4. The number of aliphatic hydroxyl groups is 1. The van der Waals surface area contributed by atoms with Gasteiger partial charge in [-0.15, -0.1) is 11.8 Å². The van der Waals surface area contributed by atoms with Gasteiger partial charge in [-0.1, -0.05) is 6.07 Å². The van der Waals surface area contributed by atoms with E-state index in [0.717, 1.165) is 16.1 Å². The molecular weight excluding hydrogens is 248 g/mol. The second kappa shape index (κ2) is 5.30. The van der Waals surface area contributed by atoms with Crippen LogP contribution in [-0.2, 0) is 4.79 Å². The number of hydrogen-bond acceptors (Lipinski definition) is 4. The Bertz CT molecular complexity index is 462. The third-order valence-corrected chi connectivity index (χ3v) is 4.26. The van der Waals surface area contributed by atoms with E-state index in [9.17, 15) is 9.90 Å². The van der Waals surface area contributed by atoms with Crippen LogP contribution in [0.25, 0.3) is 0 Å². The van der Waals surface area contributed by atoms with Crippen LogP contribution in [0.5, 0.6) is 0 Å². The summed E-state index contributed by atoms with van der Waals surface area (Å²) in [4.78, 5) is 12.7. The Kier molecular flexibility index (Phi) is 3.94. The molecule has 1 aliphatic heterocycles. The van der Waals surface area contributed by atoms with Gasteiger partial charge in [0.15, 0.2) is 0 Å². The van der Waals surface area contributed by atoms with E-state index in [1.807, 2.05) is 32.2 Å². The fourth-order valence-corrected chi connectivity index (χ4v) is 3.04. The molecule has 0 saturated heterocycles. The zero-order chi connectivity index (χ0) is 13.3. The molecule has 0 saturated carbocycles. The van der Waals surface area contributed by atoms with E-state index in [1.165, 1.54) is 0 Å². The smallest absolute Gasteiger partial charge is 0.237 e. The van der Waals surface area contributed by atoms with Gasteiger partial charge in [-0.3, -0.25) is 4.79 Å². The first-order chi connectivity index (χ1) is 8.52. The summed E-state index contributed by atoms with van der Waals surface area (Å²) in [6, 6.07) is 5.79. The van der Waals surface area contributed by atoms with E-state index >= 15 is 0 Å². The first-order valence-corrected chi connectivity index (χ1v) is 6.87. The van der Waals surface area contributed by atoms with E-state index in [1.54, 1.807) is 18.7 Å². The van der Waals surface area contributed by atoms with Gasteiger partial charge in [-0.05, 0) is 38.6 Å². The molecule has 1 aromatic carbocycles. The molecule has 0 spiro atoms. The monoisotopic (exact) mass is 266 g/mol. The van der Waals surface area contributed by atoms with Crippen LogP contribution in [0.4, 0.5) is 5.69 Å². The molecule has 0 radical (unpaired) electrons. The average molecular weight is 266 g/mol. The lowest BCUT2D eigenvalue weighted by molar-refractivity contribution is -0.115. The van der Waals surface area contributed by atoms with E-state index in [-0.39, 0.29) is 17.2 Å². The molecular formula is C13H18N2O2S. The molecule has 0 fully saturated rings. The van der Waals surface area contributed by atoms with Crippen molar-refractivity contribution in [2.24, 2.45) is 0 Å². The number of benzene rings is 1. The van der Waals surface area contributed by atoms with Gasteiger partial charge in [0.05, 0.1) is 23.1 Å². The number of aliphatic hydroxyl groups excluding tert-OH is 1. The average Bonchev–Trinajstić information content (AvgIpc) is 2.31. The summed E-state index contributed by atoms with van der Waals surface area (Å²) in [5.41, 5.74) is 1.81. The summed E-state index contributed by atoms with van der Waals surface area (Å²) in [5, 5.41) is 15.6. The fraction of sp³-hybridized carbons (Fsp3) is 0.462. The zero-order valence-electron chi connectivity index (χ0n) is 10.7. The van der Waals surface area contributed by atoms with Gasteiger partial charge in [-0.2, -0.15) is 0 Å². The van der Waals surface area contributed by atoms with E-state index < -0.39 is 6.10 Å². The Hall–Kier alpha value is -1.04. The van der Waals surface area contributed by atoms with Crippen molar-refractivity contribution in [2.75, 3.05) is 12.4 Å². The molecule has 1 aromatic rings. The fourth-order valence-electron chi connectivity index (χ4n) is 2.11. The quantitative estimate of drug-likeness (QED) is 0.780. The number of carbonyl (C=O) groups is 1. The lowest BCUT2D eigenvalue weighted by atomic mass is 10.0. The molecule has 3 atom stereocenters. The number of thioether (sulfide) groups is 1. The minimum atomic E-state index is -0.487. The molecule has 3 unspecified atom stereocenters. The molecule has 18 heavy (non-hydrogen) atoms. The van der Waals surface area contributed by atoms with Gasteiger partial charge >= 0.3 is 0 Å². The normalized spacial score (nSPS) is 22.0. The highest BCUT2D eigenvalue weighted by Gasteiger charge is 2.24. The van der Waals surface area contributed by atoms with Gasteiger partial charge in [0.2, 0.25) is 5.91 Å². The maximum atomic E-state index is 11.6. The number of rotatable bonds is 3. The van der Waals surface area contributed by atoms with Gasteiger partial charge < -0.3 is 15.7 Å². The molecule has 1 aliphatic rings. The van der Waals surface area contributed by atoms with Crippen molar-refractivity contribution < 1.29 is 9.90 Å². The Morgan fingerprint density at radius 3 is 2.83 bits per heavy atom. The van der Waals surface area contributed by atoms with E-state index in [0.29, 0.717) is 0 Å². The highest BCUT2D eigenvalue weighted by Crippen LogP contribution is 2.37. The largest absolute Gasteiger partial charge is 0.391 e. The number of anilines is 1. The Balaban J connectivity index is 2.32. The third-order valence-electron chi connectivity index (χ3n) is 3.09. The van der Waals surface area contributed by atoms with Gasteiger partial charge in [-0.25, -0.2) is 0 Å². The highest BCUT2D eigenvalue weighted by molar-refractivity contribution is 8.00. The van der Waals surface area contributed by atoms with Crippen molar-refractivity contribution in [3.8, 4) is 0 Å². The van der Waals surface area contributed by atoms with Gasteiger partial charge in [0, 0.05) is 4.90 Å². The first-order valence-electron chi connectivity index (χ1n) is 5.99. The minimum Gasteiger partial charge on any atom is -0.391 e. The van der Waals surface area contributed by atoms with Crippen molar-refractivity contribution >= 4 is 23.4 Å². The molecule has 3 N–H and O–H groups in total. The van der Waals surface area contributed by atoms with Crippen molar-refractivity contribution in [2.45, 2.75) is 36.1 Å². The summed E-state index contributed by atoms with van der Waals surface area (Å²) in [7, 11) is 1.81. The maximum absolute atomic E-state index is 11.6. The number of carbonyl (C=O) groups excluding carboxylic acids is 1. The number of nitrogens with one attached hydrogen (secondary N) is 2. The van der Waals surface area contributed by atoms with Crippen LogP contribution in [0.3, 0.4) is 0 Å². The molecule has 0 bridgehead atoms. The summed E-state index contributed by atoms with van der Waals surface area (Å²) < 4.78 is 0. The van der Waals surface area contributed by atoms with Crippen LogP contribution < -0.4 is 10.6 Å². The van der Waals surface area contributed by atoms with Gasteiger partial charge in [0.25, 0.3) is 0 Å². The number of amides is 1. The summed E-state index contributed by atoms with van der Waals surface area (Å²) in [5.74, 6) is 0.0303. The predicted molar refractivity (Wildman–Crippen MR) is 73.9 cm³/mol. The summed E-state index contributed by atoms with van der Waals surface area (Å²) in [6.45, 7) is 3.64. The molecule has 0 aliphatic carbocycles. The summed E-state index contributed by atoms with van der Waals surface area (Å²) in [6.07, 6.45) is -0.487. The van der Waals surface area contributed by atoms with Crippen molar-refractivity contribution in [1.29, 1.82) is 0 Å². The molecule has 4 nitrogen and oxygen atoms in total. The Morgan fingerprint density at radius 1 is 1.50 bits per heavy atom. The van der Waals surface area contributed by atoms with E-state index in [4.69, 9.17) is 0 Å². The van der Waals surface area contributed by atoms with Crippen LogP contribution in [0.15, 0.2) is 23.1 Å². The summed E-state index contributed by atoms with van der Waals surface area (Å²) >= 11 is 1.56. The SMILES string of the molecule is CNC(c1ccc2c(c1)NC(=O)C(C)S2)C(C)O. The van der Waals surface area contributed by atoms with E-state index in [2.05, 4.69) is 10.6 Å². The molecule has 2 rings (SSSR count). The molecule has 1 amide bonds. The van der Waals surface area contributed by atoms with Crippen molar-refractivity contribution in [3.05, 3.63) is 23.8 Å². The van der Waals surface area contributed by atoms with Crippen molar-refractivity contribution in [1.82, 2.24) is 5.32 Å². The predicted octanol–water partition coefficient (Wildman–Crippen LogP) is 1.76. The number of fused-ring (bicyclic) bond motifs is 1. The minimum absolute atomic E-state index is 0.0303. The molecule has 0 aromatic heterocycles. The number of hydrogen-bond donors (Lipinski definition) is 3. The highest BCUT2D eigenvalue weighted by atomic mass is 32.2. The van der Waals surface area contributed by atoms with Crippen LogP contribution in [0, 0.1) is 0 Å². The molecule has 1 heterocycles. The van der Waals surface area contributed by atoms with Crippen LogP contribution in [0.2, 0.25) is 0 Å². The third kappa shape index (κ3) is 2.53. The Labute approximate surface area is 111 Å². The van der Waals surface area contributed by atoms with Crippen LogP contribution in [0.1, 0.15) is 25.5 Å². The van der Waals surface area contributed by atoms with Crippen molar-refractivity contribution in [3.63, 3.8) is 0 Å². The Morgan fingerprint density at radius 2 is 2.22 bits per heavy atom. The lowest BCUT2D eigenvalue weighted by Crippen LogP contribution is -2.29. The maximum Gasteiger partial charge on any atom is 0.237 e. The lowest BCUT2D eigenvalue weighted by Gasteiger charge is -2.25. The standard InChI is InChI=1S/C13H18N2O2S/c1-7(16)12(14-3)9-4-5-11-10(6-9)15-13(17)8(2)18-11/h4-8,12,14,16H,1-3H3,(H,15,17). The molecule has 5 heteroatoms. The topological polar surface area (TPSA) is 61.4 Å². The zero-order valence-corrected chi connectivity index (χ0v) is 11.5. The molecule has 98 valence electrons. The van der Waals surface area contributed by atoms with Crippen LogP contribution >= 0.6 is 11.8 Å².